The summed E-state index contributed by atoms with van der Waals surface area (Å²) in [5.41, 5.74) is 6.90. The Balaban J connectivity index is 1.49. The van der Waals surface area contributed by atoms with E-state index in [0.29, 0.717) is 24.2 Å². The highest BCUT2D eigenvalue weighted by Gasteiger charge is 2.45. The molecule has 4 atom stereocenters. The van der Waals surface area contributed by atoms with E-state index in [-0.39, 0.29) is 31.5 Å². The second kappa shape index (κ2) is 7.95. The molecule has 1 aliphatic heterocycles. The summed E-state index contributed by atoms with van der Waals surface area (Å²) < 4.78 is 67.9. The number of fused-ring (bicyclic) bond motifs is 1. The van der Waals surface area contributed by atoms with Crippen LogP contribution in [-0.2, 0) is 11.2 Å². The Morgan fingerprint density at radius 3 is 2.84 bits per heavy atom. The number of halogens is 5. The molecule has 7 nitrogen and oxygen atoms in total. The van der Waals surface area contributed by atoms with Gasteiger partial charge in [-0.25, -0.2) is 23.3 Å². The molecule has 2 fully saturated rings. The minimum atomic E-state index is -4.38. The number of carbonyl (C=O) groups is 1. The molecule has 0 unspecified atom stereocenters. The van der Waals surface area contributed by atoms with Crippen LogP contribution in [0.4, 0.5) is 22.0 Å². The lowest BCUT2D eigenvalue weighted by Gasteiger charge is -2.31. The molecule has 1 aliphatic carbocycles. The third-order valence-electron chi connectivity index (χ3n) is 6.16. The van der Waals surface area contributed by atoms with Gasteiger partial charge >= 0.3 is 6.18 Å². The number of amides is 1. The topological polar surface area (TPSA) is 98.2 Å². The molecule has 0 spiro atoms. The lowest BCUT2D eigenvalue weighted by atomic mass is 9.81. The average Bonchev–Trinajstić information content (AvgIpc) is 3.11. The Morgan fingerprint density at radius 2 is 2.13 bits per heavy atom. The van der Waals surface area contributed by atoms with E-state index in [0.717, 1.165) is 0 Å². The molecule has 1 saturated heterocycles. The van der Waals surface area contributed by atoms with E-state index in [4.69, 9.17) is 5.73 Å². The monoisotopic (exact) mass is 446 g/mol. The van der Waals surface area contributed by atoms with Crippen LogP contribution in [0.5, 0.6) is 0 Å². The minimum Gasteiger partial charge on any atom is -0.355 e. The Labute approximate surface area is 174 Å². The fourth-order valence-corrected chi connectivity index (χ4v) is 4.43. The number of nitrogens with one attached hydrogen (secondary N) is 1. The number of rotatable bonds is 4. The van der Waals surface area contributed by atoms with Crippen LogP contribution in [0.1, 0.15) is 49.5 Å². The van der Waals surface area contributed by atoms with Gasteiger partial charge in [0.15, 0.2) is 0 Å². The highest BCUT2D eigenvalue weighted by Crippen LogP contribution is 2.41. The van der Waals surface area contributed by atoms with Gasteiger partial charge in [0.1, 0.15) is 0 Å². The van der Waals surface area contributed by atoms with Crippen LogP contribution < -0.4 is 11.1 Å². The molecule has 3 N–H and O–H groups in total. The van der Waals surface area contributed by atoms with Gasteiger partial charge in [-0.3, -0.25) is 4.79 Å². The van der Waals surface area contributed by atoms with E-state index in [1.807, 2.05) is 0 Å². The summed E-state index contributed by atoms with van der Waals surface area (Å²) in [6.45, 7) is -0.424. The predicted molar refractivity (Wildman–Crippen MR) is 99.0 cm³/mol. The molecule has 0 aromatic carbocycles. The van der Waals surface area contributed by atoms with Crippen molar-refractivity contribution in [3.63, 3.8) is 0 Å². The number of hydrogen-bond donors (Lipinski definition) is 2. The van der Waals surface area contributed by atoms with Crippen molar-refractivity contribution in [3.8, 4) is 0 Å². The standard InChI is InChI=1S/C19H23F5N6O/c20-18(21)3-1-2-10(6-18)15(25)14-9-30-17(28-14)27-8-13(29-30)5-11-4-12(19(22,23)24)7-26-16(11)31/h8-12,15H,1-7,25H2,(H,26,31)/t10-,11+,12+,15-/m0/s1. The molecular formula is C19H23F5N6O. The number of piperidine rings is 1. The number of imidazole rings is 1. The number of aromatic nitrogens is 4. The molecular weight excluding hydrogens is 423 g/mol. The van der Waals surface area contributed by atoms with Crippen molar-refractivity contribution in [2.75, 3.05) is 6.54 Å². The van der Waals surface area contributed by atoms with Crippen molar-refractivity contribution in [2.45, 2.75) is 56.7 Å². The van der Waals surface area contributed by atoms with Crippen LogP contribution in [0.25, 0.3) is 5.78 Å². The van der Waals surface area contributed by atoms with Crippen molar-refractivity contribution >= 4 is 11.7 Å². The van der Waals surface area contributed by atoms with Crippen LogP contribution in [-0.4, -0.2) is 44.1 Å². The zero-order valence-electron chi connectivity index (χ0n) is 16.6. The summed E-state index contributed by atoms with van der Waals surface area (Å²) in [7, 11) is 0. The summed E-state index contributed by atoms with van der Waals surface area (Å²) in [5, 5.41) is 6.60. The SMILES string of the molecule is N[C@H](c1cn2nc(C[C@H]3C[C@@H](C(F)(F)F)CNC3=O)cnc2n1)[C@H]1CCCC(F)(F)C1. The van der Waals surface area contributed by atoms with Crippen molar-refractivity contribution in [2.24, 2.45) is 23.5 Å². The number of nitrogens with two attached hydrogens (primary N) is 1. The van der Waals surface area contributed by atoms with Gasteiger partial charge in [0.25, 0.3) is 5.78 Å². The van der Waals surface area contributed by atoms with Crippen LogP contribution in [0, 0.1) is 17.8 Å². The van der Waals surface area contributed by atoms with E-state index in [2.05, 4.69) is 20.4 Å². The van der Waals surface area contributed by atoms with Gasteiger partial charge in [0, 0.05) is 31.7 Å². The molecule has 3 heterocycles. The molecule has 2 aromatic heterocycles. The second-order valence-corrected chi connectivity index (χ2v) is 8.52. The summed E-state index contributed by atoms with van der Waals surface area (Å²) in [6.07, 6.45) is -1.31. The average molecular weight is 446 g/mol. The first-order valence-corrected chi connectivity index (χ1v) is 10.2. The quantitative estimate of drug-likeness (QED) is 0.704. The molecule has 1 saturated carbocycles. The smallest absolute Gasteiger partial charge is 0.355 e. The first-order valence-electron chi connectivity index (χ1n) is 10.2. The van der Waals surface area contributed by atoms with Crippen molar-refractivity contribution < 1.29 is 26.7 Å². The molecule has 12 heteroatoms. The molecule has 2 aromatic rings. The Hall–Kier alpha value is -2.37. The first-order chi connectivity index (χ1) is 14.5. The summed E-state index contributed by atoms with van der Waals surface area (Å²) in [5.74, 6) is -5.87. The first kappa shape index (κ1) is 21.8. The predicted octanol–water partition coefficient (Wildman–Crippen LogP) is 2.81. The van der Waals surface area contributed by atoms with E-state index in [1.165, 1.54) is 16.9 Å². The Bertz CT molecular complexity index is 961. The van der Waals surface area contributed by atoms with Gasteiger partial charge in [-0.15, -0.1) is 0 Å². The zero-order chi connectivity index (χ0) is 22.4. The number of hydrogen-bond acceptors (Lipinski definition) is 5. The number of alkyl halides is 5. The second-order valence-electron chi connectivity index (χ2n) is 8.52. The highest BCUT2D eigenvalue weighted by molar-refractivity contribution is 5.79. The molecule has 0 bridgehead atoms. The number of nitrogens with zero attached hydrogens (tertiary/aromatic N) is 4. The molecule has 4 rings (SSSR count). The zero-order valence-corrected chi connectivity index (χ0v) is 16.6. The third kappa shape index (κ3) is 4.78. The maximum Gasteiger partial charge on any atom is 0.393 e. The molecule has 0 radical (unpaired) electrons. The molecule has 2 aliphatic rings. The van der Waals surface area contributed by atoms with Crippen LogP contribution >= 0.6 is 0 Å². The van der Waals surface area contributed by atoms with Gasteiger partial charge in [-0.2, -0.15) is 18.3 Å². The van der Waals surface area contributed by atoms with Gasteiger partial charge in [0.05, 0.1) is 35.7 Å². The van der Waals surface area contributed by atoms with E-state index in [9.17, 15) is 26.7 Å². The fraction of sp³-hybridized carbons (Fsp3) is 0.684. The maximum absolute atomic E-state index is 13.7. The normalized spacial score (nSPS) is 27.8. The summed E-state index contributed by atoms with van der Waals surface area (Å²) in [6, 6.07) is -0.699. The Morgan fingerprint density at radius 1 is 1.35 bits per heavy atom. The van der Waals surface area contributed by atoms with Crippen LogP contribution in [0.3, 0.4) is 0 Å². The van der Waals surface area contributed by atoms with Gasteiger partial charge < -0.3 is 11.1 Å². The van der Waals surface area contributed by atoms with Crippen molar-refractivity contribution in [1.29, 1.82) is 0 Å². The fourth-order valence-electron chi connectivity index (χ4n) is 4.43. The minimum absolute atomic E-state index is 0.00420. The van der Waals surface area contributed by atoms with Crippen molar-refractivity contribution in [1.82, 2.24) is 24.9 Å². The largest absolute Gasteiger partial charge is 0.393 e. The molecule has 1 amide bonds. The molecule has 31 heavy (non-hydrogen) atoms. The van der Waals surface area contributed by atoms with Gasteiger partial charge in [-0.1, -0.05) is 0 Å². The van der Waals surface area contributed by atoms with E-state index in [1.54, 1.807) is 0 Å². The third-order valence-corrected chi connectivity index (χ3v) is 6.16. The Kier molecular flexibility index (Phi) is 5.61. The van der Waals surface area contributed by atoms with Crippen LogP contribution in [0.2, 0.25) is 0 Å². The van der Waals surface area contributed by atoms with E-state index >= 15 is 0 Å². The summed E-state index contributed by atoms with van der Waals surface area (Å²) in [4.78, 5) is 20.5. The lowest BCUT2D eigenvalue weighted by molar-refractivity contribution is -0.183. The highest BCUT2D eigenvalue weighted by atomic mass is 19.4. The van der Waals surface area contributed by atoms with Crippen molar-refractivity contribution in [3.05, 3.63) is 23.8 Å². The van der Waals surface area contributed by atoms with E-state index < -0.39 is 48.3 Å². The number of carbonyl (C=O) groups excluding carboxylic acids is 1. The summed E-state index contributed by atoms with van der Waals surface area (Å²) >= 11 is 0. The maximum atomic E-state index is 13.7. The lowest BCUT2D eigenvalue weighted by Crippen LogP contribution is -2.47. The van der Waals surface area contributed by atoms with Gasteiger partial charge in [0.2, 0.25) is 11.8 Å². The molecule has 170 valence electrons. The van der Waals surface area contributed by atoms with Crippen LogP contribution in [0.15, 0.2) is 12.4 Å². The van der Waals surface area contributed by atoms with Gasteiger partial charge in [-0.05, 0) is 25.2 Å².